The van der Waals surface area contributed by atoms with E-state index in [9.17, 15) is 23.1 Å². The summed E-state index contributed by atoms with van der Waals surface area (Å²) in [5, 5.41) is 12.6. The Morgan fingerprint density at radius 2 is 1.76 bits per heavy atom. The number of hydrogen-bond donors (Lipinski definition) is 2. The molecule has 1 fully saturated rings. The molecule has 8 nitrogen and oxygen atoms in total. The monoisotopic (exact) mass is 556 g/mol. The number of nitrogens with one attached hydrogen (secondary N) is 1. The van der Waals surface area contributed by atoms with Crippen LogP contribution >= 0.6 is 11.6 Å². The van der Waals surface area contributed by atoms with Crippen molar-refractivity contribution in [1.29, 1.82) is 0 Å². The summed E-state index contributed by atoms with van der Waals surface area (Å²) in [6, 6.07) is 20.5. The van der Waals surface area contributed by atoms with Crippen molar-refractivity contribution >= 4 is 33.5 Å². The molecule has 3 aromatic carbocycles. The zero-order valence-corrected chi connectivity index (χ0v) is 22.4. The van der Waals surface area contributed by atoms with Crippen LogP contribution in [0.5, 0.6) is 5.75 Å². The quantitative estimate of drug-likeness (QED) is 0.408. The van der Waals surface area contributed by atoms with Crippen LogP contribution in [-0.4, -0.2) is 55.9 Å². The number of carboxylic acids is 1. The van der Waals surface area contributed by atoms with Gasteiger partial charge in [0.25, 0.3) is 0 Å². The molecular weight excluding hydrogens is 528 g/mol. The molecule has 38 heavy (non-hydrogen) atoms. The first kappa shape index (κ1) is 27.6. The number of hydrogen-bond acceptors (Lipinski definition) is 5. The van der Waals surface area contributed by atoms with Gasteiger partial charge in [-0.2, -0.15) is 4.31 Å². The van der Waals surface area contributed by atoms with Gasteiger partial charge in [0.1, 0.15) is 16.7 Å². The topological polar surface area (TPSA) is 113 Å². The van der Waals surface area contributed by atoms with Gasteiger partial charge >= 0.3 is 5.97 Å². The van der Waals surface area contributed by atoms with Crippen LogP contribution in [0.4, 0.5) is 0 Å². The molecule has 2 N–H and O–H groups in total. The summed E-state index contributed by atoms with van der Waals surface area (Å²) in [6.45, 7) is 0.167. The minimum Gasteiger partial charge on any atom is -0.495 e. The molecule has 1 amide bonds. The van der Waals surface area contributed by atoms with E-state index in [1.807, 2.05) is 54.6 Å². The maximum Gasteiger partial charge on any atom is 0.326 e. The first-order chi connectivity index (χ1) is 18.2. The summed E-state index contributed by atoms with van der Waals surface area (Å²) in [7, 11) is -2.62. The van der Waals surface area contributed by atoms with E-state index in [1.54, 1.807) is 0 Å². The van der Waals surface area contributed by atoms with Crippen LogP contribution in [0, 0.1) is 5.92 Å². The number of benzene rings is 3. The Morgan fingerprint density at radius 3 is 2.42 bits per heavy atom. The molecule has 0 bridgehead atoms. The van der Waals surface area contributed by atoms with Crippen LogP contribution in [0.25, 0.3) is 11.1 Å². The standard InChI is InChI=1S/C28H29ClN2O6S/c1-37-25-14-13-23(29)17-26(25)38(35,36)31-15-5-8-22(18-31)27(32)30-24(28(33)34)16-19-9-11-21(12-10-19)20-6-3-2-4-7-20/h2-4,6-7,9-14,17,22,24H,5,8,15-16,18H2,1H3,(H,30,32)(H,33,34)/t22?,24-/m0/s1. The minimum atomic E-state index is -3.99. The highest BCUT2D eigenvalue weighted by Crippen LogP contribution is 2.32. The second-order valence-electron chi connectivity index (χ2n) is 9.16. The Labute approximate surface area is 227 Å². The molecule has 3 aromatic rings. The van der Waals surface area contributed by atoms with Crippen LogP contribution < -0.4 is 10.1 Å². The second kappa shape index (κ2) is 12.0. The minimum absolute atomic E-state index is 0.0675. The lowest BCUT2D eigenvalue weighted by Crippen LogP contribution is -2.50. The van der Waals surface area contributed by atoms with Crippen molar-refractivity contribution < 1.29 is 27.9 Å². The smallest absolute Gasteiger partial charge is 0.326 e. The molecule has 10 heteroatoms. The third kappa shape index (κ3) is 6.35. The van der Waals surface area contributed by atoms with Gasteiger partial charge in [-0.1, -0.05) is 66.2 Å². The highest BCUT2D eigenvalue weighted by Gasteiger charge is 2.36. The number of carbonyl (C=O) groups is 2. The molecule has 0 spiro atoms. The lowest BCUT2D eigenvalue weighted by molar-refractivity contribution is -0.142. The molecule has 0 aliphatic carbocycles. The van der Waals surface area contributed by atoms with E-state index in [4.69, 9.17) is 16.3 Å². The molecule has 4 rings (SSSR count). The predicted molar refractivity (Wildman–Crippen MR) is 145 cm³/mol. The molecule has 1 aliphatic rings. The van der Waals surface area contributed by atoms with Crippen molar-refractivity contribution in [3.63, 3.8) is 0 Å². The maximum atomic E-state index is 13.4. The SMILES string of the molecule is COc1ccc(Cl)cc1S(=O)(=O)N1CCCC(C(=O)N[C@@H](Cc2ccc(-c3ccccc3)cc2)C(=O)O)C1. The Kier molecular flexibility index (Phi) is 8.71. The van der Waals surface area contributed by atoms with Gasteiger partial charge in [0.2, 0.25) is 15.9 Å². The molecule has 0 saturated carbocycles. The van der Waals surface area contributed by atoms with Crippen LogP contribution in [0.3, 0.4) is 0 Å². The number of carbonyl (C=O) groups excluding carboxylic acids is 1. The number of aliphatic carboxylic acids is 1. The number of methoxy groups -OCH3 is 1. The van der Waals surface area contributed by atoms with Crippen LogP contribution in [-0.2, 0) is 26.0 Å². The van der Waals surface area contributed by atoms with E-state index in [0.29, 0.717) is 12.8 Å². The lowest BCUT2D eigenvalue weighted by atomic mass is 9.97. The normalized spacial score (nSPS) is 16.9. The number of ether oxygens (including phenoxy) is 1. The highest BCUT2D eigenvalue weighted by atomic mass is 35.5. The molecule has 0 radical (unpaired) electrons. The summed E-state index contributed by atoms with van der Waals surface area (Å²) in [5.74, 6) is -2.18. The third-order valence-corrected chi connectivity index (χ3v) is 8.74. The largest absolute Gasteiger partial charge is 0.495 e. The van der Waals surface area contributed by atoms with Crippen molar-refractivity contribution in [3.05, 3.63) is 83.4 Å². The average molecular weight is 557 g/mol. The Balaban J connectivity index is 1.44. The van der Waals surface area contributed by atoms with Crippen molar-refractivity contribution in [1.82, 2.24) is 9.62 Å². The van der Waals surface area contributed by atoms with Gasteiger partial charge in [-0.3, -0.25) is 4.79 Å². The first-order valence-corrected chi connectivity index (χ1v) is 14.0. The number of amides is 1. The number of sulfonamides is 1. The summed E-state index contributed by atoms with van der Waals surface area (Å²) < 4.78 is 33.1. The average Bonchev–Trinajstić information content (AvgIpc) is 2.93. The zero-order chi connectivity index (χ0) is 27.3. The second-order valence-corrected chi connectivity index (χ2v) is 11.5. The van der Waals surface area contributed by atoms with Gasteiger partial charge in [-0.15, -0.1) is 0 Å². The van der Waals surface area contributed by atoms with Crippen LogP contribution in [0.1, 0.15) is 18.4 Å². The summed E-state index contributed by atoms with van der Waals surface area (Å²) >= 11 is 6.03. The van der Waals surface area contributed by atoms with E-state index >= 15 is 0 Å². The van der Waals surface area contributed by atoms with Gasteiger partial charge in [0, 0.05) is 24.5 Å². The Hall–Kier alpha value is -3.40. The summed E-state index contributed by atoms with van der Waals surface area (Å²) in [5.41, 5.74) is 2.82. The van der Waals surface area contributed by atoms with Gasteiger partial charge in [0.15, 0.2) is 0 Å². The predicted octanol–water partition coefficient (Wildman–Crippen LogP) is 4.23. The number of nitrogens with zero attached hydrogens (tertiary/aromatic N) is 1. The van der Waals surface area contributed by atoms with Crippen molar-refractivity contribution in [2.75, 3.05) is 20.2 Å². The van der Waals surface area contributed by atoms with Crippen molar-refractivity contribution in [2.45, 2.75) is 30.2 Å². The number of carboxylic acid groups (broad SMARTS) is 1. The van der Waals surface area contributed by atoms with Gasteiger partial charge in [0.05, 0.1) is 13.0 Å². The molecule has 0 aromatic heterocycles. The molecule has 2 atom stereocenters. The molecular formula is C28H29ClN2O6S. The Morgan fingerprint density at radius 1 is 1.08 bits per heavy atom. The molecule has 1 aliphatic heterocycles. The van der Waals surface area contributed by atoms with Gasteiger partial charge in [-0.25, -0.2) is 13.2 Å². The summed E-state index contributed by atoms with van der Waals surface area (Å²) in [4.78, 5) is 25.0. The fourth-order valence-electron chi connectivity index (χ4n) is 4.56. The fourth-order valence-corrected chi connectivity index (χ4v) is 6.50. The Bertz CT molecular complexity index is 1400. The molecule has 1 saturated heterocycles. The van der Waals surface area contributed by atoms with Gasteiger partial charge < -0.3 is 15.2 Å². The van der Waals surface area contributed by atoms with E-state index in [2.05, 4.69) is 5.32 Å². The van der Waals surface area contributed by atoms with E-state index in [1.165, 1.54) is 29.6 Å². The highest BCUT2D eigenvalue weighted by molar-refractivity contribution is 7.89. The first-order valence-electron chi connectivity index (χ1n) is 12.2. The molecule has 1 unspecified atom stereocenters. The van der Waals surface area contributed by atoms with Crippen molar-refractivity contribution in [2.24, 2.45) is 5.92 Å². The van der Waals surface area contributed by atoms with Crippen LogP contribution in [0.15, 0.2) is 77.7 Å². The number of halogens is 1. The van der Waals surface area contributed by atoms with E-state index < -0.39 is 33.9 Å². The molecule has 1 heterocycles. The lowest BCUT2D eigenvalue weighted by Gasteiger charge is -2.32. The number of piperidine rings is 1. The third-order valence-electron chi connectivity index (χ3n) is 6.61. The fraction of sp³-hybridized carbons (Fsp3) is 0.286. The van der Waals surface area contributed by atoms with E-state index in [-0.39, 0.29) is 35.2 Å². The summed E-state index contributed by atoms with van der Waals surface area (Å²) in [6.07, 6.45) is 1.01. The molecule has 200 valence electrons. The maximum absolute atomic E-state index is 13.4. The zero-order valence-electron chi connectivity index (χ0n) is 20.8. The number of rotatable bonds is 9. The van der Waals surface area contributed by atoms with Gasteiger partial charge in [-0.05, 0) is 47.7 Å². The van der Waals surface area contributed by atoms with Crippen LogP contribution in [0.2, 0.25) is 5.02 Å². The van der Waals surface area contributed by atoms with Crippen molar-refractivity contribution in [3.8, 4) is 16.9 Å². The van der Waals surface area contributed by atoms with E-state index in [0.717, 1.165) is 16.7 Å².